The molecule has 1 amide bonds. The maximum absolute atomic E-state index is 13.4. The Morgan fingerprint density at radius 3 is 1.02 bits per heavy atom. The zero-order valence-electron chi connectivity index (χ0n) is 63.8. The van der Waals surface area contributed by atoms with E-state index in [0.717, 1.165) is 57.8 Å². The highest BCUT2D eigenvalue weighted by Gasteiger charge is 2.51. The van der Waals surface area contributed by atoms with Crippen LogP contribution >= 0.6 is 0 Å². The fraction of sp³-hybridized carbons (Fsp3) is 0.940. The minimum atomic E-state index is -1.78. The molecule has 12 unspecified atom stereocenters. The highest BCUT2D eigenvalue weighted by atomic mass is 16.7. The van der Waals surface area contributed by atoms with Gasteiger partial charge in [0, 0.05) is 6.42 Å². The standard InChI is InChI=1S/C84H161NO13/c1-3-5-7-9-11-13-15-17-19-21-23-25-27-29-31-33-35-36-38-40-42-44-46-48-50-52-54-56-58-60-62-64-66-68-76(89)85-72(71-95-83-81(94)79(92)82(75(70-87)97-83)98-84-80(93)78(91)77(90)74(69-86)96-84)73(88)67-65-63-61-59-57-55-53-51-49-47-45-43-41-39-37-34-32-30-28-26-24-22-20-18-16-14-12-10-8-6-4-2/h15,17,21,23,72-75,77-84,86-88,90-94H,3-14,16,18-20,22,24-71H2,1-2H3,(H,85,89)/b17-15-,23-21-. The van der Waals surface area contributed by atoms with Crippen molar-refractivity contribution in [1.82, 2.24) is 5.32 Å². The largest absolute Gasteiger partial charge is 0.394 e. The predicted octanol–water partition coefficient (Wildman–Crippen LogP) is 19.8. The summed E-state index contributed by atoms with van der Waals surface area (Å²) in [5.74, 6) is -0.197. The number of rotatable bonds is 73. The molecule has 0 aromatic carbocycles. The van der Waals surface area contributed by atoms with Crippen LogP contribution in [0.25, 0.3) is 0 Å². The summed E-state index contributed by atoms with van der Waals surface area (Å²) in [4.78, 5) is 13.4. The molecular weight excluding hydrogens is 1230 g/mol. The molecule has 0 spiro atoms. The summed E-state index contributed by atoms with van der Waals surface area (Å²) in [7, 11) is 0. The van der Waals surface area contributed by atoms with Gasteiger partial charge in [0.05, 0.1) is 32.0 Å². The lowest BCUT2D eigenvalue weighted by Crippen LogP contribution is -2.65. The zero-order valence-corrected chi connectivity index (χ0v) is 63.8. The quantitative estimate of drug-likeness (QED) is 0.0204. The van der Waals surface area contributed by atoms with E-state index >= 15 is 0 Å². The highest BCUT2D eigenvalue weighted by molar-refractivity contribution is 5.76. The molecule has 14 heteroatoms. The van der Waals surface area contributed by atoms with Crippen molar-refractivity contribution in [3.63, 3.8) is 0 Å². The van der Waals surface area contributed by atoms with Crippen LogP contribution in [-0.2, 0) is 23.7 Å². The molecule has 2 fully saturated rings. The Hall–Kier alpha value is -1.53. The van der Waals surface area contributed by atoms with Crippen LogP contribution in [0.15, 0.2) is 24.3 Å². The molecule has 2 aliphatic rings. The number of allylic oxidation sites excluding steroid dienone is 4. The topological polar surface area (TPSA) is 228 Å². The lowest BCUT2D eigenvalue weighted by molar-refractivity contribution is -0.359. The number of carbonyl (C=O) groups excluding carboxylic acids is 1. The normalized spacial score (nSPS) is 22.1. The number of ether oxygens (including phenoxy) is 4. The summed E-state index contributed by atoms with van der Waals surface area (Å²) in [6.07, 6.45) is 72.4. The monoisotopic (exact) mass is 1390 g/mol. The molecule has 2 aliphatic heterocycles. The number of hydrogen-bond donors (Lipinski definition) is 9. The summed E-state index contributed by atoms with van der Waals surface area (Å²) < 4.78 is 23.0. The van der Waals surface area contributed by atoms with Crippen LogP contribution < -0.4 is 5.32 Å². The van der Waals surface area contributed by atoms with Gasteiger partial charge in [-0.3, -0.25) is 4.79 Å². The average molecular weight is 1390 g/mol. The SMILES string of the molecule is CCCCCCC/C=C\C/C=C\CCCCCCCCCCCCCCCCCCCCCCCC(=O)NC(COC1OC(CO)C(OC2OC(CO)C(O)C(O)C2O)C(O)C1O)C(O)CCCCCCCCCCCCCCCCCCCCCCCCCCCCCCCCC. The first-order valence-corrected chi connectivity index (χ1v) is 42.6. The van der Waals surface area contributed by atoms with Gasteiger partial charge in [-0.15, -0.1) is 0 Å². The van der Waals surface area contributed by atoms with Crippen LogP contribution in [0, 0.1) is 0 Å². The summed E-state index contributed by atoms with van der Waals surface area (Å²) in [5.41, 5.74) is 0. The molecule has 0 aromatic rings. The van der Waals surface area contributed by atoms with Crippen LogP contribution in [0.5, 0.6) is 0 Å². The smallest absolute Gasteiger partial charge is 0.220 e. The molecule has 0 radical (unpaired) electrons. The Labute approximate surface area is 602 Å². The molecule has 14 nitrogen and oxygen atoms in total. The Bertz CT molecular complexity index is 1740. The highest BCUT2D eigenvalue weighted by Crippen LogP contribution is 2.31. The summed E-state index contributed by atoms with van der Waals surface area (Å²) in [6.45, 7) is 2.93. The summed E-state index contributed by atoms with van der Waals surface area (Å²) in [5, 5.41) is 88.0. The maximum Gasteiger partial charge on any atom is 0.220 e. The Morgan fingerprint density at radius 2 is 0.673 bits per heavy atom. The van der Waals surface area contributed by atoms with Gasteiger partial charge < -0.3 is 65.1 Å². The molecule has 0 aromatic heterocycles. The van der Waals surface area contributed by atoms with Crippen LogP contribution in [-0.4, -0.2) is 140 Å². The fourth-order valence-electron chi connectivity index (χ4n) is 14.5. The van der Waals surface area contributed by atoms with Crippen LogP contribution in [0.2, 0.25) is 0 Å². The molecule has 2 rings (SSSR count). The van der Waals surface area contributed by atoms with E-state index in [1.165, 1.54) is 327 Å². The second-order valence-electron chi connectivity index (χ2n) is 30.3. The molecule has 9 N–H and O–H groups in total. The number of nitrogens with one attached hydrogen (secondary N) is 1. The van der Waals surface area contributed by atoms with Gasteiger partial charge in [-0.2, -0.15) is 0 Å². The van der Waals surface area contributed by atoms with E-state index in [2.05, 4.69) is 43.5 Å². The molecule has 0 saturated carbocycles. The number of amides is 1. The van der Waals surface area contributed by atoms with E-state index in [9.17, 15) is 45.6 Å². The lowest BCUT2D eigenvalue weighted by Gasteiger charge is -2.46. The van der Waals surface area contributed by atoms with Crippen molar-refractivity contribution in [2.45, 2.75) is 485 Å². The summed E-state index contributed by atoms with van der Waals surface area (Å²) >= 11 is 0. The molecular formula is C84H161NO13. The average Bonchev–Trinajstić information content (AvgIpc) is 0.793. The Balaban J connectivity index is 1.58. The second kappa shape index (κ2) is 68.6. The zero-order chi connectivity index (χ0) is 70.8. The number of hydrogen-bond acceptors (Lipinski definition) is 13. The van der Waals surface area contributed by atoms with Crippen molar-refractivity contribution >= 4 is 5.91 Å². The molecule has 580 valence electrons. The van der Waals surface area contributed by atoms with Crippen LogP contribution in [0.4, 0.5) is 0 Å². The van der Waals surface area contributed by atoms with Crippen molar-refractivity contribution in [3.8, 4) is 0 Å². The first kappa shape index (κ1) is 92.6. The van der Waals surface area contributed by atoms with E-state index in [-0.39, 0.29) is 12.5 Å². The van der Waals surface area contributed by atoms with E-state index in [1.807, 2.05) is 0 Å². The summed E-state index contributed by atoms with van der Waals surface area (Å²) in [6, 6.07) is -0.828. The van der Waals surface area contributed by atoms with Gasteiger partial charge in [-0.25, -0.2) is 0 Å². The van der Waals surface area contributed by atoms with Crippen LogP contribution in [0.1, 0.15) is 412 Å². The third kappa shape index (κ3) is 50.8. The molecule has 0 aliphatic carbocycles. The van der Waals surface area contributed by atoms with Crippen molar-refractivity contribution in [1.29, 1.82) is 0 Å². The minimum absolute atomic E-state index is 0.197. The van der Waals surface area contributed by atoms with E-state index in [1.54, 1.807) is 0 Å². The van der Waals surface area contributed by atoms with E-state index < -0.39 is 86.8 Å². The van der Waals surface area contributed by atoms with Crippen molar-refractivity contribution < 1.29 is 64.6 Å². The van der Waals surface area contributed by atoms with Gasteiger partial charge in [0.1, 0.15) is 48.8 Å². The Kier molecular flexibility index (Phi) is 64.8. The van der Waals surface area contributed by atoms with Gasteiger partial charge in [-0.1, -0.05) is 385 Å². The van der Waals surface area contributed by atoms with Crippen molar-refractivity contribution in [3.05, 3.63) is 24.3 Å². The van der Waals surface area contributed by atoms with Gasteiger partial charge in [-0.05, 0) is 44.9 Å². The minimum Gasteiger partial charge on any atom is -0.394 e. The van der Waals surface area contributed by atoms with Gasteiger partial charge in [0.2, 0.25) is 5.91 Å². The third-order valence-corrected chi connectivity index (χ3v) is 21.2. The van der Waals surface area contributed by atoms with Gasteiger partial charge in [0.15, 0.2) is 12.6 Å². The second-order valence-corrected chi connectivity index (χ2v) is 30.3. The molecule has 0 bridgehead atoms. The van der Waals surface area contributed by atoms with E-state index in [0.29, 0.717) is 12.8 Å². The fourth-order valence-corrected chi connectivity index (χ4v) is 14.5. The van der Waals surface area contributed by atoms with Crippen molar-refractivity contribution in [2.75, 3.05) is 19.8 Å². The Morgan fingerprint density at radius 1 is 0.367 bits per heavy atom. The van der Waals surface area contributed by atoms with Gasteiger partial charge >= 0.3 is 0 Å². The number of carbonyl (C=O) groups is 1. The molecule has 2 heterocycles. The molecule has 2 saturated heterocycles. The molecule has 98 heavy (non-hydrogen) atoms. The third-order valence-electron chi connectivity index (χ3n) is 21.2. The molecule has 12 atom stereocenters. The van der Waals surface area contributed by atoms with Crippen molar-refractivity contribution in [2.24, 2.45) is 0 Å². The number of aliphatic hydroxyl groups is 8. The first-order chi connectivity index (χ1) is 48.1. The predicted molar refractivity (Wildman–Crippen MR) is 406 cm³/mol. The van der Waals surface area contributed by atoms with Crippen LogP contribution in [0.3, 0.4) is 0 Å². The van der Waals surface area contributed by atoms with Gasteiger partial charge in [0.25, 0.3) is 0 Å². The number of aliphatic hydroxyl groups excluding tert-OH is 8. The number of unbranched alkanes of at least 4 members (excludes halogenated alkanes) is 56. The van der Waals surface area contributed by atoms with E-state index in [4.69, 9.17) is 18.9 Å². The maximum atomic E-state index is 13.4. The first-order valence-electron chi connectivity index (χ1n) is 42.6. The lowest BCUT2D eigenvalue weighted by atomic mass is 9.97.